The highest BCUT2D eigenvalue weighted by molar-refractivity contribution is 9.11. The zero-order valence-electron chi connectivity index (χ0n) is 7.86. The van der Waals surface area contributed by atoms with E-state index in [1.807, 2.05) is 12.1 Å². The maximum absolute atomic E-state index is 11.3. The second-order valence-electron chi connectivity index (χ2n) is 2.93. The van der Waals surface area contributed by atoms with E-state index in [2.05, 4.69) is 15.9 Å². The van der Waals surface area contributed by atoms with Crippen LogP contribution >= 0.6 is 27.3 Å². The van der Waals surface area contributed by atoms with Crippen molar-refractivity contribution in [3.63, 3.8) is 0 Å². The van der Waals surface area contributed by atoms with Crippen molar-refractivity contribution in [1.82, 2.24) is 4.90 Å². The van der Waals surface area contributed by atoms with Gasteiger partial charge in [-0.05, 0) is 28.1 Å². The van der Waals surface area contributed by atoms with Gasteiger partial charge in [-0.25, -0.2) is 0 Å². The lowest BCUT2D eigenvalue weighted by Gasteiger charge is -2.15. The summed E-state index contributed by atoms with van der Waals surface area (Å²) in [5.41, 5.74) is 0. The van der Waals surface area contributed by atoms with E-state index in [9.17, 15) is 4.79 Å². The molecule has 0 atom stereocenters. The zero-order valence-corrected chi connectivity index (χ0v) is 10.3. The number of nitrogens with zero attached hydrogens (tertiary/aromatic N) is 1. The third-order valence-corrected chi connectivity index (χ3v) is 3.38. The normalized spacial score (nSPS) is 10.2. The fraction of sp³-hybridized carbons (Fsp3) is 0.444. The number of halogens is 1. The molecule has 0 aliphatic carbocycles. The van der Waals surface area contributed by atoms with Crippen LogP contribution in [-0.2, 0) is 11.3 Å². The molecule has 0 radical (unpaired) electrons. The van der Waals surface area contributed by atoms with Crippen LogP contribution < -0.4 is 0 Å². The molecule has 1 rings (SSSR count). The molecule has 0 fully saturated rings. The first kappa shape index (κ1) is 11.7. The van der Waals surface area contributed by atoms with Gasteiger partial charge in [0.2, 0.25) is 5.91 Å². The largest absolute Gasteiger partial charge is 0.396 e. The average molecular weight is 278 g/mol. The minimum Gasteiger partial charge on any atom is -0.396 e. The molecule has 1 aromatic heterocycles. The molecule has 78 valence electrons. The molecule has 0 spiro atoms. The van der Waals surface area contributed by atoms with E-state index in [-0.39, 0.29) is 18.9 Å². The first-order valence-corrected chi connectivity index (χ1v) is 5.83. The number of carbonyl (C=O) groups excluding carboxylic acids is 1. The smallest absolute Gasteiger partial charge is 0.224 e. The molecule has 3 nitrogen and oxygen atoms in total. The number of carbonyl (C=O) groups is 1. The Labute approximate surface area is 95.5 Å². The molecule has 1 amide bonds. The summed E-state index contributed by atoms with van der Waals surface area (Å²) in [6, 6.07) is 3.95. The van der Waals surface area contributed by atoms with Crippen LogP contribution in [0.3, 0.4) is 0 Å². The summed E-state index contributed by atoms with van der Waals surface area (Å²) >= 11 is 4.98. The Balaban J connectivity index is 2.48. The van der Waals surface area contributed by atoms with Crippen molar-refractivity contribution >= 4 is 33.2 Å². The molecule has 0 saturated heterocycles. The monoisotopic (exact) mass is 277 g/mol. The van der Waals surface area contributed by atoms with Crippen molar-refractivity contribution < 1.29 is 9.90 Å². The lowest BCUT2D eigenvalue weighted by Crippen LogP contribution is -2.26. The van der Waals surface area contributed by atoms with Crippen molar-refractivity contribution in [2.45, 2.75) is 13.0 Å². The topological polar surface area (TPSA) is 40.5 Å². The number of thiophene rings is 1. The maximum atomic E-state index is 11.3. The van der Waals surface area contributed by atoms with Gasteiger partial charge in [0.05, 0.1) is 16.9 Å². The molecule has 14 heavy (non-hydrogen) atoms. The Bertz CT molecular complexity index is 314. The first-order chi connectivity index (χ1) is 6.63. The standard InChI is InChI=1S/C9H12BrNO2S/c1-11(9(13)4-5-12)6-7-2-3-8(10)14-7/h2-3,12H,4-6H2,1H3. The maximum Gasteiger partial charge on any atom is 0.224 e. The third-order valence-electron chi connectivity index (χ3n) is 1.77. The van der Waals surface area contributed by atoms with Crippen molar-refractivity contribution in [2.24, 2.45) is 0 Å². The van der Waals surface area contributed by atoms with Crippen LogP contribution in [0.1, 0.15) is 11.3 Å². The molecule has 0 aromatic carbocycles. The molecule has 1 N–H and O–H groups in total. The van der Waals surface area contributed by atoms with Crippen molar-refractivity contribution in [1.29, 1.82) is 0 Å². The molecule has 0 saturated carbocycles. The van der Waals surface area contributed by atoms with Crippen LogP contribution in [0.25, 0.3) is 0 Å². The van der Waals surface area contributed by atoms with Crippen LogP contribution in [0.15, 0.2) is 15.9 Å². The predicted octanol–water partition coefficient (Wildman–Crippen LogP) is 1.85. The van der Waals surface area contributed by atoms with Gasteiger partial charge >= 0.3 is 0 Å². The van der Waals surface area contributed by atoms with Gasteiger partial charge in [0.15, 0.2) is 0 Å². The van der Waals surface area contributed by atoms with Gasteiger partial charge in [-0.2, -0.15) is 0 Å². The number of hydrogen-bond acceptors (Lipinski definition) is 3. The molecule has 0 unspecified atom stereocenters. The highest BCUT2D eigenvalue weighted by Gasteiger charge is 2.09. The van der Waals surface area contributed by atoms with Crippen LogP contribution in [0.2, 0.25) is 0 Å². The number of amides is 1. The summed E-state index contributed by atoms with van der Waals surface area (Å²) in [5.74, 6) is -0.0305. The second kappa shape index (κ2) is 5.48. The summed E-state index contributed by atoms with van der Waals surface area (Å²) in [5, 5.41) is 8.60. The van der Waals surface area contributed by atoms with Crippen molar-refractivity contribution in [3.05, 3.63) is 20.8 Å². The van der Waals surface area contributed by atoms with E-state index >= 15 is 0 Å². The summed E-state index contributed by atoms with van der Waals surface area (Å²) < 4.78 is 1.07. The van der Waals surface area contributed by atoms with Crippen LogP contribution in [0.4, 0.5) is 0 Å². The average Bonchev–Trinajstić information content (AvgIpc) is 2.51. The highest BCUT2D eigenvalue weighted by atomic mass is 79.9. The molecule has 1 heterocycles. The van der Waals surface area contributed by atoms with Gasteiger partial charge in [-0.1, -0.05) is 0 Å². The fourth-order valence-corrected chi connectivity index (χ4v) is 2.58. The summed E-state index contributed by atoms with van der Waals surface area (Å²) in [6.07, 6.45) is 0.197. The van der Waals surface area contributed by atoms with E-state index in [4.69, 9.17) is 5.11 Å². The summed E-state index contributed by atoms with van der Waals surface area (Å²) in [7, 11) is 1.74. The highest BCUT2D eigenvalue weighted by Crippen LogP contribution is 2.22. The third kappa shape index (κ3) is 3.40. The Morgan fingerprint density at radius 3 is 2.86 bits per heavy atom. The number of rotatable bonds is 4. The Morgan fingerprint density at radius 1 is 1.64 bits per heavy atom. The first-order valence-electron chi connectivity index (χ1n) is 4.22. The quantitative estimate of drug-likeness (QED) is 0.913. The van der Waals surface area contributed by atoms with Gasteiger partial charge in [-0.15, -0.1) is 11.3 Å². The van der Waals surface area contributed by atoms with E-state index in [1.54, 1.807) is 23.3 Å². The fourth-order valence-electron chi connectivity index (χ4n) is 1.05. The predicted molar refractivity (Wildman–Crippen MR) is 60.2 cm³/mol. The number of aliphatic hydroxyl groups is 1. The second-order valence-corrected chi connectivity index (χ2v) is 5.48. The summed E-state index contributed by atoms with van der Waals surface area (Å²) in [4.78, 5) is 14.1. The molecule has 5 heteroatoms. The molecule has 0 bridgehead atoms. The van der Waals surface area contributed by atoms with Crippen LogP contribution in [-0.4, -0.2) is 29.6 Å². The minimum atomic E-state index is -0.0860. The molecular weight excluding hydrogens is 266 g/mol. The van der Waals surface area contributed by atoms with E-state index in [0.717, 1.165) is 8.66 Å². The molecule has 1 aromatic rings. The SMILES string of the molecule is CN(Cc1ccc(Br)s1)C(=O)CCO. The Hall–Kier alpha value is -0.390. The van der Waals surface area contributed by atoms with E-state index in [1.165, 1.54) is 0 Å². The van der Waals surface area contributed by atoms with Crippen LogP contribution in [0, 0.1) is 0 Å². The van der Waals surface area contributed by atoms with Crippen molar-refractivity contribution in [3.8, 4) is 0 Å². The lowest BCUT2D eigenvalue weighted by molar-refractivity contribution is -0.131. The van der Waals surface area contributed by atoms with Crippen molar-refractivity contribution in [2.75, 3.05) is 13.7 Å². The zero-order chi connectivity index (χ0) is 10.6. The number of hydrogen-bond donors (Lipinski definition) is 1. The summed E-state index contributed by atoms with van der Waals surface area (Å²) in [6.45, 7) is 0.520. The van der Waals surface area contributed by atoms with Gasteiger partial charge < -0.3 is 10.0 Å². The minimum absolute atomic E-state index is 0.0305. The Morgan fingerprint density at radius 2 is 2.36 bits per heavy atom. The van der Waals surface area contributed by atoms with Gasteiger partial charge in [0.1, 0.15) is 0 Å². The Kier molecular flexibility index (Phi) is 4.57. The lowest BCUT2D eigenvalue weighted by atomic mass is 10.3. The molecular formula is C9H12BrNO2S. The van der Waals surface area contributed by atoms with E-state index < -0.39 is 0 Å². The molecule has 0 aliphatic rings. The number of aliphatic hydroxyl groups excluding tert-OH is 1. The van der Waals surface area contributed by atoms with Gasteiger partial charge in [0.25, 0.3) is 0 Å². The van der Waals surface area contributed by atoms with Crippen LogP contribution in [0.5, 0.6) is 0 Å². The van der Waals surface area contributed by atoms with E-state index in [0.29, 0.717) is 6.54 Å². The van der Waals surface area contributed by atoms with Gasteiger partial charge in [-0.3, -0.25) is 4.79 Å². The van der Waals surface area contributed by atoms with Gasteiger partial charge in [0, 0.05) is 18.3 Å². The molecule has 0 aliphatic heterocycles.